The van der Waals surface area contributed by atoms with Gasteiger partial charge >= 0.3 is 0 Å². The predicted molar refractivity (Wildman–Crippen MR) is 194 cm³/mol. The van der Waals surface area contributed by atoms with Gasteiger partial charge in [0.25, 0.3) is 0 Å². The van der Waals surface area contributed by atoms with Gasteiger partial charge in [-0.15, -0.1) is 0 Å². The average Bonchev–Trinajstić information content (AvgIpc) is 3.87. The molecule has 8 aliphatic rings. The van der Waals surface area contributed by atoms with E-state index >= 15 is 0 Å². The van der Waals surface area contributed by atoms with Crippen molar-refractivity contribution in [1.29, 1.82) is 0 Å². The molecule has 0 bridgehead atoms. The Kier molecular flexibility index (Phi) is 7.93. The first-order chi connectivity index (χ1) is 21.9. The minimum Gasteiger partial charge on any atom is -0.369 e. The summed E-state index contributed by atoms with van der Waals surface area (Å²) in [5.74, 6) is 1.67. The van der Waals surface area contributed by atoms with Gasteiger partial charge in [0, 0.05) is 16.2 Å². The zero-order valence-electron chi connectivity index (χ0n) is 31.7. The lowest BCUT2D eigenvalue weighted by Crippen LogP contribution is -2.69. The van der Waals surface area contributed by atoms with Gasteiger partial charge in [-0.05, 0) is 129 Å². The predicted octanol–water partition coefficient (Wildman–Crippen LogP) is 13.5. The molecule has 1 nitrogen and oxygen atoms in total. The van der Waals surface area contributed by atoms with Gasteiger partial charge < -0.3 is 4.74 Å². The van der Waals surface area contributed by atoms with E-state index < -0.39 is 0 Å². The van der Waals surface area contributed by atoms with Crippen LogP contribution in [0.4, 0.5) is 0 Å². The highest BCUT2D eigenvalue weighted by Gasteiger charge is 2.75. The van der Waals surface area contributed by atoms with Crippen LogP contribution in [0, 0.1) is 49.7 Å². The van der Waals surface area contributed by atoms with Crippen LogP contribution in [0.3, 0.4) is 0 Å². The van der Waals surface area contributed by atoms with Crippen molar-refractivity contribution in [3.05, 3.63) is 11.1 Å². The molecular formula is C45H74O. The Labute approximate surface area is 285 Å². The lowest BCUT2D eigenvalue weighted by atomic mass is 9.32. The van der Waals surface area contributed by atoms with E-state index in [4.69, 9.17) is 4.74 Å². The molecule has 6 saturated carbocycles. The Morgan fingerprint density at radius 3 is 1.24 bits per heavy atom. The van der Waals surface area contributed by atoms with Crippen LogP contribution in [-0.2, 0) is 4.74 Å². The van der Waals surface area contributed by atoms with Gasteiger partial charge in [-0.2, -0.15) is 0 Å². The van der Waals surface area contributed by atoms with Crippen LogP contribution in [0.1, 0.15) is 208 Å². The summed E-state index contributed by atoms with van der Waals surface area (Å²) in [5.41, 5.74) is 6.75. The van der Waals surface area contributed by atoms with E-state index in [0.29, 0.717) is 27.1 Å². The van der Waals surface area contributed by atoms with Gasteiger partial charge in [0.05, 0.1) is 6.61 Å². The van der Waals surface area contributed by atoms with Gasteiger partial charge in [0.2, 0.25) is 0 Å². The van der Waals surface area contributed by atoms with Crippen LogP contribution >= 0.6 is 0 Å². The number of rotatable bonds is 6. The Morgan fingerprint density at radius 1 is 0.435 bits per heavy atom. The van der Waals surface area contributed by atoms with Crippen molar-refractivity contribution in [2.75, 3.05) is 6.61 Å². The van der Waals surface area contributed by atoms with Crippen LogP contribution < -0.4 is 0 Å². The topological polar surface area (TPSA) is 9.23 Å². The standard InChI is InChI=1S/C45H74O/c1-38(20-7-8-21-38)36-33-35-34(19-32-46-45(35,42(5)28-15-16-29-42)43(6)30-17-18-31-43)44(40(3)24-11-12-25-40,41(4)26-13-14-27-41)37(36)39(2)22-9-10-23-39/h36-37H,7-33H2,1-6H3. The van der Waals surface area contributed by atoms with Crippen molar-refractivity contribution in [2.45, 2.75) is 214 Å². The van der Waals surface area contributed by atoms with Crippen LogP contribution in [-0.4, -0.2) is 12.2 Å². The molecular weight excluding hydrogens is 556 g/mol. The van der Waals surface area contributed by atoms with Gasteiger partial charge in [-0.1, -0.05) is 124 Å². The van der Waals surface area contributed by atoms with Crippen LogP contribution in [0.5, 0.6) is 0 Å². The molecule has 0 aromatic heterocycles. The molecule has 0 saturated heterocycles. The highest BCUT2D eigenvalue weighted by Crippen LogP contribution is 2.81. The maximum Gasteiger partial charge on any atom is 0.100 e. The van der Waals surface area contributed by atoms with Gasteiger partial charge in [-0.3, -0.25) is 0 Å². The molecule has 7 aliphatic carbocycles. The fraction of sp³-hybridized carbons (Fsp3) is 0.956. The van der Waals surface area contributed by atoms with E-state index in [9.17, 15) is 0 Å². The summed E-state index contributed by atoms with van der Waals surface area (Å²) < 4.78 is 7.87. The molecule has 1 aliphatic heterocycles. The van der Waals surface area contributed by atoms with E-state index in [2.05, 4.69) is 47.1 Å². The quantitative estimate of drug-likeness (QED) is 0.265. The fourth-order valence-corrected chi connectivity index (χ4v) is 17.1. The molecule has 0 N–H and O–H groups in total. The molecule has 8 rings (SSSR count). The second kappa shape index (κ2) is 11.1. The molecule has 260 valence electrons. The Bertz CT molecular complexity index is 1120. The molecule has 46 heavy (non-hydrogen) atoms. The van der Waals surface area contributed by atoms with E-state index in [0.717, 1.165) is 18.4 Å². The molecule has 0 radical (unpaired) electrons. The normalized spacial score (nSPS) is 38.0. The average molecular weight is 631 g/mol. The molecule has 1 heteroatoms. The highest BCUT2D eigenvalue weighted by molar-refractivity contribution is 5.46. The van der Waals surface area contributed by atoms with E-state index in [-0.39, 0.29) is 16.4 Å². The Hall–Kier alpha value is -0.300. The number of ether oxygens (including phenoxy) is 1. The molecule has 1 heterocycles. The summed E-state index contributed by atoms with van der Waals surface area (Å²) in [5, 5.41) is 0. The molecule has 2 unspecified atom stereocenters. The van der Waals surface area contributed by atoms with Gasteiger partial charge in [0.1, 0.15) is 5.60 Å². The first kappa shape index (κ1) is 32.9. The second-order valence-corrected chi connectivity index (χ2v) is 21.1. The van der Waals surface area contributed by atoms with Gasteiger partial charge in [0.15, 0.2) is 0 Å². The zero-order chi connectivity index (χ0) is 32.1. The third kappa shape index (κ3) is 4.14. The Balaban J connectivity index is 1.50. The SMILES string of the molecule is CC1(C2CC3=C(CCOC3(C3(C)CCCC3)C3(C)CCCC3)C(C3(C)CCCC3)(C3(C)CCCC3)C2C2(C)CCCC2)CCCC1. The van der Waals surface area contributed by atoms with Crippen molar-refractivity contribution in [1.82, 2.24) is 0 Å². The summed E-state index contributed by atoms with van der Waals surface area (Å²) >= 11 is 0. The minimum atomic E-state index is -0.0511. The summed E-state index contributed by atoms with van der Waals surface area (Å²) in [4.78, 5) is 0. The maximum absolute atomic E-state index is 7.87. The molecule has 6 fully saturated rings. The molecule has 0 aromatic rings. The van der Waals surface area contributed by atoms with Crippen molar-refractivity contribution in [3.8, 4) is 0 Å². The monoisotopic (exact) mass is 631 g/mol. The summed E-state index contributed by atoms with van der Waals surface area (Å²) in [6, 6.07) is 0. The third-order valence-electron chi connectivity index (χ3n) is 18.8. The van der Waals surface area contributed by atoms with Gasteiger partial charge in [-0.25, -0.2) is 0 Å². The molecule has 0 spiro atoms. The molecule has 0 aromatic carbocycles. The van der Waals surface area contributed by atoms with Crippen LogP contribution in [0.15, 0.2) is 11.1 Å². The highest BCUT2D eigenvalue weighted by atomic mass is 16.5. The van der Waals surface area contributed by atoms with E-state index in [1.165, 1.54) is 167 Å². The second-order valence-electron chi connectivity index (χ2n) is 21.1. The van der Waals surface area contributed by atoms with Crippen LogP contribution in [0.2, 0.25) is 0 Å². The zero-order valence-corrected chi connectivity index (χ0v) is 31.7. The van der Waals surface area contributed by atoms with E-state index in [1.807, 2.05) is 5.57 Å². The van der Waals surface area contributed by atoms with Crippen molar-refractivity contribution in [2.24, 2.45) is 49.7 Å². The number of hydrogen-bond acceptors (Lipinski definition) is 1. The summed E-state index contributed by atoms with van der Waals surface area (Å²) in [6.07, 6.45) is 37.6. The molecule has 2 atom stereocenters. The van der Waals surface area contributed by atoms with E-state index in [1.54, 1.807) is 0 Å². The first-order valence-electron chi connectivity index (χ1n) is 21.3. The van der Waals surface area contributed by atoms with Crippen LogP contribution in [0.25, 0.3) is 0 Å². The lowest BCUT2D eigenvalue weighted by molar-refractivity contribution is -0.218. The number of hydrogen-bond donors (Lipinski definition) is 0. The summed E-state index contributed by atoms with van der Waals surface area (Å²) in [7, 11) is 0. The fourth-order valence-electron chi connectivity index (χ4n) is 17.1. The maximum atomic E-state index is 7.87. The smallest absolute Gasteiger partial charge is 0.100 e. The Morgan fingerprint density at radius 2 is 0.804 bits per heavy atom. The summed E-state index contributed by atoms with van der Waals surface area (Å²) in [6.45, 7) is 18.1. The molecule has 0 amide bonds. The third-order valence-corrected chi connectivity index (χ3v) is 18.8. The minimum absolute atomic E-state index is 0.0511. The van der Waals surface area contributed by atoms with Crippen molar-refractivity contribution >= 4 is 0 Å². The van der Waals surface area contributed by atoms with Crippen molar-refractivity contribution in [3.63, 3.8) is 0 Å². The largest absolute Gasteiger partial charge is 0.369 e. The lowest BCUT2D eigenvalue weighted by Gasteiger charge is -2.73. The van der Waals surface area contributed by atoms with Crippen molar-refractivity contribution < 1.29 is 4.74 Å². The first-order valence-corrected chi connectivity index (χ1v) is 21.3.